The summed E-state index contributed by atoms with van der Waals surface area (Å²) in [7, 11) is 0. The van der Waals surface area contributed by atoms with Crippen LogP contribution in [0.4, 0.5) is 0 Å². The molecule has 0 bridgehead atoms. The van der Waals surface area contributed by atoms with E-state index in [4.69, 9.17) is 14.2 Å². The van der Waals surface area contributed by atoms with Gasteiger partial charge in [0.05, 0.1) is 0 Å². The van der Waals surface area contributed by atoms with Crippen LogP contribution in [-0.2, 0) is 28.6 Å². The van der Waals surface area contributed by atoms with Crippen molar-refractivity contribution in [1.29, 1.82) is 0 Å². The van der Waals surface area contributed by atoms with Crippen molar-refractivity contribution in [3.8, 4) is 0 Å². The Morgan fingerprint density at radius 2 is 0.550 bits per heavy atom. The van der Waals surface area contributed by atoms with Gasteiger partial charge in [-0.3, -0.25) is 14.4 Å². The first-order chi connectivity index (χ1) is 29.2. The lowest BCUT2D eigenvalue weighted by molar-refractivity contribution is -0.167. The number of rotatable bonds is 48. The molecule has 356 valence electrons. The standard InChI is InChI=1S/C54H104O6/c1-6-7-8-9-10-11-12-13-19-24-29-34-39-44-52(55)58-47-51(48-59-53(56)45-40-35-30-25-21-16-18-23-28-33-38-43-50(4)5)60-54(57)46-41-36-31-26-20-15-14-17-22-27-32-37-42-49(2)3/h49-51H,6-48H2,1-5H3/t51-/m0/s1. The van der Waals surface area contributed by atoms with E-state index in [-0.39, 0.29) is 31.1 Å². The molecule has 6 nitrogen and oxygen atoms in total. The van der Waals surface area contributed by atoms with E-state index < -0.39 is 6.10 Å². The summed E-state index contributed by atoms with van der Waals surface area (Å²) in [4.78, 5) is 38.0. The monoisotopic (exact) mass is 849 g/mol. The molecule has 0 heterocycles. The van der Waals surface area contributed by atoms with Crippen molar-refractivity contribution in [2.45, 2.75) is 304 Å². The summed E-state index contributed by atoms with van der Waals surface area (Å²) >= 11 is 0. The van der Waals surface area contributed by atoms with Crippen LogP contribution in [0.2, 0.25) is 0 Å². The van der Waals surface area contributed by atoms with E-state index in [0.717, 1.165) is 69.6 Å². The first kappa shape index (κ1) is 58.4. The fourth-order valence-electron chi connectivity index (χ4n) is 8.17. The minimum atomic E-state index is -0.762. The normalized spacial score (nSPS) is 12.1. The second-order valence-electron chi connectivity index (χ2n) is 19.5. The van der Waals surface area contributed by atoms with E-state index in [1.807, 2.05) is 0 Å². The SMILES string of the molecule is CCCCCCCCCCCCCCCC(=O)OC[C@@H](COC(=O)CCCCCCCCCCCCCC(C)C)OC(=O)CCCCCCCCCCCCCCC(C)C. The summed E-state index contributed by atoms with van der Waals surface area (Å²) < 4.78 is 16.8. The Hall–Kier alpha value is -1.59. The maximum Gasteiger partial charge on any atom is 0.306 e. The smallest absolute Gasteiger partial charge is 0.306 e. The van der Waals surface area contributed by atoms with Gasteiger partial charge in [0, 0.05) is 19.3 Å². The highest BCUT2D eigenvalue weighted by Gasteiger charge is 2.19. The first-order valence-corrected chi connectivity index (χ1v) is 26.7. The molecule has 0 radical (unpaired) electrons. The summed E-state index contributed by atoms with van der Waals surface area (Å²) in [6.45, 7) is 11.4. The molecule has 0 aliphatic carbocycles. The molecule has 0 aromatic rings. The second kappa shape index (κ2) is 46.9. The zero-order valence-electron chi connectivity index (χ0n) is 41.1. The lowest BCUT2D eigenvalue weighted by Gasteiger charge is -2.18. The third-order valence-corrected chi connectivity index (χ3v) is 12.2. The molecular weight excluding hydrogens is 745 g/mol. The molecule has 0 rings (SSSR count). The molecule has 0 saturated heterocycles. The summed E-state index contributed by atoms with van der Waals surface area (Å²) in [5, 5.41) is 0. The van der Waals surface area contributed by atoms with Gasteiger partial charge in [-0.25, -0.2) is 0 Å². The molecule has 1 atom stereocenters. The molecule has 0 spiro atoms. The third kappa shape index (κ3) is 47.5. The highest BCUT2D eigenvalue weighted by atomic mass is 16.6. The highest BCUT2D eigenvalue weighted by Crippen LogP contribution is 2.17. The van der Waals surface area contributed by atoms with E-state index in [1.165, 1.54) is 186 Å². The molecule has 60 heavy (non-hydrogen) atoms. The Labute approximate surface area is 374 Å². The lowest BCUT2D eigenvalue weighted by atomic mass is 10.0. The number of esters is 3. The molecular formula is C54H104O6. The van der Waals surface area contributed by atoms with Crippen LogP contribution in [0.3, 0.4) is 0 Å². The Morgan fingerprint density at radius 1 is 0.317 bits per heavy atom. The molecule has 0 amide bonds. The van der Waals surface area contributed by atoms with E-state index in [1.54, 1.807) is 0 Å². The maximum atomic E-state index is 12.8. The number of unbranched alkanes of at least 4 members (excludes halogenated alkanes) is 33. The van der Waals surface area contributed by atoms with Crippen LogP contribution in [0.15, 0.2) is 0 Å². The second-order valence-corrected chi connectivity index (χ2v) is 19.5. The van der Waals surface area contributed by atoms with Crippen molar-refractivity contribution in [2.75, 3.05) is 13.2 Å². The van der Waals surface area contributed by atoms with Crippen LogP contribution in [-0.4, -0.2) is 37.2 Å². The predicted molar refractivity (Wildman–Crippen MR) is 256 cm³/mol. The molecule has 0 aromatic carbocycles. The molecule has 0 fully saturated rings. The lowest BCUT2D eigenvalue weighted by Crippen LogP contribution is -2.30. The summed E-state index contributed by atoms with van der Waals surface area (Å²) in [6, 6.07) is 0. The van der Waals surface area contributed by atoms with Crippen LogP contribution in [0.1, 0.15) is 298 Å². The summed E-state index contributed by atoms with van der Waals surface area (Å²) in [5.74, 6) is 0.814. The van der Waals surface area contributed by atoms with Gasteiger partial charge in [0.25, 0.3) is 0 Å². The molecule has 0 aromatic heterocycles. The van der Waals surface area contributed by atoms with Crippen LogP contribution in [0, 0.1) is 11.8 Å². The van der Waals surface area contributed by atoms with Crippen molar-refractivity contribution in [3.63, 3.8) is 0 Å². The van der Waals surface area contributed by atoms with Crippen molar-refractivity contribution in [1.82, 2.24) is 0 Å². The van der Waals surface area contributed by atoms with E-state index in [0.29, 0.717) is 19.3 Å². The average molecular weight is 849 g/mol. The number of hydrogen-bond donors (Lipinski definition) is 0. The third-order valence-electron chi connectivity index (χ3n) is 12.2. The largest absolute Gasteiger partial charge is 0.462 e. The fraction of sp³-hybridized carbons (Fsp3) is 0.944. The van der Waals surface area contributed by atoms with Crippen molar-refractivity contribution < 1.29 is 28.6 Å². The fourth-order valence-corrected chi connectivity index (χ4v) is 8.17. The van der Waals surface area contributed by atoms with Crippen molar-refractivity contribution in [2.24, 2.45) is 11.8 Å². The molecule has 0 unspecified atom stereocenters. The topological polar surface area (TPSA) is 78.9 Å². The molecule has 0 aliphatic heterocycles. The number of carbonyl (C=O) groups is 3. The Kier molecular flexibility index (Phi) is 45.7. The Balaban J connectivity index is 4.32. The Bertz CT molecular complexity index is 916. The Morgan fingerprint density at radius 3 is 0.817 bits per heavy atom. The minimum Gasteiger partial charge on any atom is -0.462 e. The van der Waals surface area contributed by atoms with Crippen LogP contribution in [0.5, 0.6) is 0 Å². The summed E-state index contributed by atoms with van der Waals surface area (Å²) in [6.07, 6.45) is 48.0. The zero-order valence-corrected chi connectivity index (χ0v) is 41.1. The average Bonchev–Trinajstić information content (AvgIpc) is 3.22. The van der Waals surface area contributed by atoms with E-state index in [2.05, 4.69) is 34.6 Å². The van der Waals surface area contributed by atoms with Crippen LogP contribution < -0.4 is 0 Å². The van der Waals surface area contributed by atoms with Gasteiger partial charge in [-0.1, -0.05) is 259 Å². The van der Waals surface area contributed by atoms with Gasteiger partial charge in [0.2, 0.25) is 0 Å². The van der Waals surface area contributed by atoms with Gasteiger partial charge < -0.3 is 14.2 Å². The van der Waals surface area contributed by atoms with Gasteiger partial charge >= 0.3 is 17.9 Å². The van der Waals surface area contributed by atoms with Crippen molar-refractivity contribution in [3.05, 3.63) is 0 Å². The van der Waals surface area contributed by atoms with Crippen LogP contribution in [0.25, 0.3) is 0 Å². The number of carbonyl (C=O) groups excluding carboxylic acids is 3. The molecule has 0 N–H and O–H groups in total. The quantitative estimate of drug-likeness (QED) is 0.0345. The first-order valence-electron chi connectivity index (χ1n) is 26.7. The highest BCUT2D eigenvalue weighted by molar-refractivity contribution is 5.71. The predicted octanol–water partition coefficient (Wildman–Crippen LogP) is 17.3. The van der Waals surface area contributed by atoms with Gasteiger partial charge in [0.1, 0.15) is 13.2 Å². The molecule has 6 heteroatoms. The van der Waals surface area contributed by atoms with Gasteiger partial charge in [-0.05, 0) is 31.1 Å². The molecule has 0 saturated carbocycles. The summed E-state index contributed by atoms with van der Waals surface area (Å²) in [5.41, 5.74) is 0. The van der Waals surface area contributed by atoms with Crippen LogP contribution >= 0.6 is 0 Å². The van der Waals surface area contributed by atoms with Gasteiger partial charge in [-0.2, -0.15) is 0 Å². The molecule has 0 aliphatic rings. The van der Waals surface area contributed by atoms with E-state index >= 15 is 0 Å². The number of hydrogen-bond acceptors (Lipinski definition) is 6. The van der Waals surface area contributed by atoms with Gasteiger partial charge in [-0.15, -0.1) is 0 Å². The maximum absolute atomic E-state index is 12.8. The number of ether oxygens (including phenoxy) is 3. The zero-order chi connectivity index (χ0) is 44.0. The van der Waals surface area contributed by atoms with Crippen molar-refractivity contribution >= 4 is 17.9 Å². The van der Waals surface area contributed by atoms with Gasteiger partial charge in [0.15, 0.2) is 6.10 Å². The van der Waals surface area contributed by atoms with E-state index in [9.17, 15) is 14.4 Å². The minimum absolute atomic E-state index is 0.0633.